The first-order valence-electron chi connectivity index (χ1n) is 5.53. The Morgan fingerprint density at radius 3 is 3.06 bits per heavy atom. The first-order valence-corrected chi connectivity index (χ1v) is 6.41. The fourth-order valence-corrected chi connectivity index (χ4v) is 2.07. The fraction of sp³-hybridized carbons (Fsp3) is 0.167. The van der Waals surface area contributed by atoms with E-state index in [-0.39, 0.29) is 6.03 Å². The van der Waals surface area contributed by atoms with Crippen molar-refractivity contribution in [1.82, 2.24) is 10.3 Å². The molecule has 0 unspecified atom stereocenters. The summed E-state index contributed by atoms with van der Waals surface area (Å²) in [7, 11) is 0. The number of hydrogen-bond acceptors (Lipinski definition) is 4. The molecule has 0 atom stereocenters. The van der Waals surface area contributed by atoms with Gasteiger partial charge in [-0.3, -0.25) is 0 Å². The summed E-state index contributed by atoms with van der Waals surface area (Å²) in [4.78, 5) is 15.7. The minimum absolute atomic E-state index is 0.239. The molecule has 0 aliphatic carbocycles. The van der Waals surface area contributed by atoms with Gasteiger partial charge in [0.25, 0.3) is 0 Å². The third-order valence-corrected chi connectivity index (χ3v) is 3.09. The lowest BCUT2D eigenvalue weighted by Crippen LogP contribution is -2.30. The van der Waals surface area contributed by atoms with Crippen LogP contribution < -0.4 is 16.4 Å². The van der Waals surface area contributed by atoms with Crippen molar-refractivity contribution in [2.45, 2.75) is 6.42 Å². The quantitative estimate of drug-likeness (QED) is 0.738. The molecule has 5 nitrogen and oxygen atoms in total. The molecule has 6 heteroatoms. The Balaban J connectivity index is 1.75. The van der Waals surface area contributed by atoms with E-state index >= 15 is 0 Å². The van der Waals surface area contributed by atoms with Crippen LogP contribution in [-0.4, -0.2) is 17.6 Å². The van der Waals surface area contributed by atoms with Gasteiger partial charge in [0.1, 0.15) is 0 Å². The number of nitrogens with two attached hydrogens (primary N) is 1. The van der Waals surface area contributed by atoms with Gasteiger partial charge in [-0.1, -0.05) is 6.07 Å². The predicted molar refractivity (Wildman–Crippen MR) is 73.7 cm³/mol. The van der Waals surface area contributed by atoms with Crippen molar-refractivity contribution in [3.8, 4) is 0 Å². The molecule has 1 heterocycles. The van der Waals surface area contributed by atoms with E-state index in [2.05, 4.69) is 15.6 Å². The Bertz CT molecular complexity index is 513. The second-order valence-corrected chi connectivity index (χ2v) is 4.66. The van der Waals surface area contributed by atoms with Crippen LogP contribution in [-0.2, 0) is 6.42 Å². The number of nitrogens with zero attached hydrogens (tertiary/aromatic N) is 1. The summed E-state index contributed by atoms with van der Waals surface area (Å²) >= 11 is 1.58. The summed E-state index contributed by atoms with van der Waals surface area (Å²) in [6, 6.07) is 6.82. The number of amides is 2. The van der Waals surface area contributed by atoms with Gasteiger partial charge >= 0.3 is 6.03 Å². The minimum atomic E-state index is -0.239. The number of carbonyl (C=O) groups excluding carboxylic acids is 1. The number of anilines is 2. The number of aromatic nitrogens is 1. The Kier molecular flexibility index (Phi) is 4.14. The first kappa shape index (κ1) is 12.4. The van der Waals surface area contributed by atoms with E-state index < -0.39 is 0 Å². The van der Waals surface area contributed by atoms with Gasteiger partial charge in [0, 0.05) is 35.9 Å². The number of urea groups is 1. The molecule has 4 N–H and O–H groups in total. The number of thiazole rings is 1. The molecule has 0 spiro atoms. The zero-order chi connectivity index (χ0) is 12.8. The number of carbonyl (C=O) groups is 1. The predicted octanol–water partition coefficient (Wildman–Crippen LogP) is 2.09. The van der Waals surface area contributed by atoms with Crippen molar-refractivity contribution in [3.05, 3.63) is 40.8 Å². The van der Waals surface area contributed by atoms with Crippen molar-refractivity contribution in [2.75, 3.05) is 17.6 Å². The molecule has 18 heavy (non-hydrogen) atoms. The number of benzene rings is 1. The van der Waals surface area contributed by atoms with E-state index in [9.17, 15) is 4.79 Å². The van der Waals surface area contributed by atoms with Crippen LogP contribution in [0.15, 0.2) is 35.8 Å². The number of rotatable bonds is 4. The largest absolute Gasteiger partial charge is 0.399 e. The molecule has 2 amide bonds. The standard InChI is InChI=1S/C12H14N4OS/c13-9-2-1-3-10(8-9)16-12(17)15-5-4-11-14-6-7-18-11/h1-3,6-8H,4-5,13H2,(H2,15,16,17). The Labute approximate surface area is 109 Å². The second kappa shape index (κ2) is 6.02. The lowest BCUT2D eigenvalue weighted by Gasteiger charge is -2.07. The summed E-state index contributed by atoms with van der Waals surface area (Å²) in [5.74, 6) is 0. The Hall–Kier alpha value is -2.08. The van der Waals surface area contributed by atoms with Crippen LogP contribution in [0.4, 0.5) is 16.2 Å². The van der Waals surface area contributed by atoms with Crippen LogP contribution >= 0.6 is 11.3 Å². The van der Waals surface area contributed by atoms with E-state index in [1.165, 1.54) is 0 Å². The van der Waals surface area contributed by atoms with Crippen LogP contribution in [0.2, 0.25) is 0 Å². The van der Waals surface area contributed by atoms with Crippen LogP contribution in [0.1, 0.15) is 5.01 Å². The van der Waals surface area contributed by atoms with Crippen molar-refractivity contribution >= 4 is 28.7 Å². The van der Waals surface area contributed by atoms with Gasteiger partial charge in [-0.05, 0) is 18.2 Å². The van der Waals surface area contributed by atoms with Gasteiger partial charge in [0.05, 0.1) is 5.01 Å². The van der Waals surface area contributed by atoms with Gasteiger partial charge in [0.2, 0.25) is 0 Å². The van der Waals surface area contributed by atoms with Crippen molar-refractivity contribution in [2.24, 2.45) is 0 Å². The average Bonchev–Trinajstić information content (AvgIpc) is 2.82. The maximum Gasteiger partial charge on any atom is 0.319 e. The summed E-state index contributed by atoms with van der Waals surface area (Å²) in [6.07, 6.45) is 2.49. The third-order valence-electron chi connectivity index (χ3n) is 2.25. The smallest absolute Gasteiger partial charge is 0.319 e. The van der Waals surface area contributed by atoms with Gasteiger partial charge in [0.15, 0.2) is 0 Å². The van der Waals surface area contributed by atoms with Crippen molar-refractivity contribution < 1.29 is 4.79 Å². The molecule has 0 fully saturated rings. The SMILES string of the molecule is Nc1cccc(NC(=O)NCCc2nccs2)c1. The van der Waals surface area contributed by atoms with E-state index in [1.807, 2.05) is 5.38 Å². The summed E-state index contributed by atoms with van der Waals surface area (Å²) in [5.41, 5.74) is 6.92. The summed E-state index contributed by atoms with van der Waals surface area (Å²) < 4.78 is 0. The molecule has 0 bridgehead atoms. The lowest BCUT2D eigenvalue weighted by molar-refractivity contribution is 0.252. The topological polar surface area (TPSA) is 80.0 Å². The Morgan fingerprint density at radius 1 is 1.44 bits per heavy atom. The normalized spacial score (nSPS) is 10.0. The monoisotopic (exact) mass is 262 g/mol. The van der Waals surface area contributed by atoms with Crippen LogP contribution in [0.5, 0.6) is 0 Å². The fourth-order valence-electron chi connectivity index (χ4n) is 1.45. The van der Waals surface area contributed by atoms with Gasteiger partial charge in [-0.15, -0.1) is 11.3 Å². The highest BCUT2D eigenvalue weighted by atomic mass is 32.1. The molecular weight excluding hydrogens is 248 g/mol. The molecule has 1 aromatic heterocycles. The molecule has 0 saturated heterocycles. The van der Waals surface area contributed by atoms with Crippen LogP contribution in [0, 0.1) is 0 Å². The molecule has 0 aliphatic heterocycles. The Morgan fingerprint density at radius 2 is 2.33 bits per heavy atom. The maximum absolute atomic E-state index is 11.6. The average molecular weight is 262 g/mol. The number of nitrogen functional groups attached to an aromatic ring is 1. The first-order chi connectivity index (χ1) is 8.74. The second-order valence-electron chi connectivity index (χ2n) is 3.68. The van der Waals surface area contributed by atoms with Crippen molar-refractivity contribution in [3.63, 3.8) is 0 Å². The molecule has 2 aromatic rings. The highest BCUT2D eigenvalue weighted by Gasteiger charge is 2.02. The third kappa shape index (κ3) is 3.74. The van der Waals surface area contributed by atoms with Crippen LogP contribution in [0.25, 0.3) is 0 Å². The van der Waals surface area contributed by atoms with E-state index in [1.54, 1.807) is 41.8 Å². The molecule has 1 aromatic carbocycles. The van der Waals surface area contributed by atoms with Crippen molar-refractivity contribution in [1.29, 1.82) is 0 Å². The molecule has 0 saturated carbocycles. The number of hydrogen-bond donors (Lipinski definition) is 3. The molecule has 94 valence electrons. The zero-order valence-electron chi connectivity index (χ0n) is 9.72. The molecule has 0 radical (unpaired) electrons. The lowest BCUT2D eigenvalue weighted by atomic mass is 10.3. The van der Waals surface area contributed by atoms with E-state index in [0.29, 0.717) is 17.9 Å². The van der Waals surface area contributed by atoms with Gasteiger partial charge in [-0.25, -0.2) is 9.78 Å². The highest BCUT2D eigenvalue weighted by Crippen LogP contribution is 2.11. The van der Waals surface area contributed by atoms with Gasteiger partial charge < -0.3 is 16.4 Å². The molecule has 2 rings (SSSR count). The van der Waals surface area contributed by atoms with Gasteiger partial charge in [-0.2, -0.15) is 0 Å². The number of nitrogens with one attached hydrogen (secondary N) is 2. The minimum Gasteiger partial charge on any atom is -0.399 e. The highest BCUT2D eigenvalue weighted by molar-refractivity contribution is 7.09. The summed E-state index contributed by atoms with van der Waals surface area (Å²) in [5, 5.41) is 8.41. The molecular formula is C12H14N4OS. The maximum atomic E-state index is 11.6. The van der Waals surface area contributed by atoms with E-state index in [0.717, 1.165) is 11.4 Å². The molecule has 0 aliphatic rings. The zero-order valence-corrected chi connectivity index (χ0v) is 10.5. The van der Waals surface area contributed by atoms with Crippen LogP contribution in [0.3, 0.4) is 0 Å². The van der Waals surface area contributed by atoms with E-state index in [4.69, 9.17) is 5.73 Å². The summed E-state index contributed by atoms with van der Waals surface area (Å²) in [6.45, 7) is 0.557.